The lowest BCUT2D eigenvalue weighted by molar-refractivity contribution is 0.420. The van der Waals surface area contributed by atoms with Crippen molar-refractivity contribution in [1.29, 1.82) is 0 Å². The highest BCUT2D eigenvalue weighted by atomic mass is 19.1. The Labute approximate surface area is 161 Å². The summed E-state index contributed by atoms with van der Waals surface area (Å²) in [6.07, 6.45) is 1.60. The van der Waals surface area contributed by atoms with Gasteiger partial charge in [-0.1, -0.05) is 18.2 Å². The van der Waals surface area contributed by atoms with Crippen molar-refractivity contribution in [3.8, 4) is 5.75 Å². The van der Waals surface area contributed by atoms with Crippen LogP contribution in [0.3, 0.4) is 0 Å². The lowest BCUT2D eigenvalue weighted by Crippen LogP contribution is -2.47. The van der Waals surface area contributed by atoms with Crippen molar-refractivity contribution in [2.75, 3.05) is 43.1 Å². The molecule has 1 saturated heterocycles. The van der Waals surface area contributed by atoms with Crippen LogP contribution in [0.4, 0.5) is 15.9 Å². The van der Waals surface area contributed by atoms with Crippen LogP contribution < -0.4 is 14.5 Å². The largest absolute Gasteiger partial charge is 0.496 e. The molecule has 2 aromatic heterocycles. The number of hydrogen-bond acceptors (Lipinski definition) is 5. The molecule has 0 saturated carbocycles. The molecule has 3 heterocycles. The highest BCUT2D eigenvalue weighted by Gasteiger charge is 2.23. The van der Waals surface area contributed by atoms with Crippen LogP contribution in [-0.2, 0) is 0 Å². The Morgan fingerprint density at radius 3 is 2.54 bits per heavy atom. The maximum absolute atomic E-state index is 14.1. The first-order chi connectivity index (χ1) is 13.8. The minimum absolute atomic E-state index is 0.178. The van der Waals surface area contributed by atoms with Crippen molar-refractivity contribution >= 4 is 33.4 Å². The Bertz CT molecular complexity index is 1150. The molecule has 7 heteroatoms. The Morgan fingerprint density at radius 1 is 0.964 bits per heavy atom. The minimum atomic E-state index is -0.178. The van der Waals surface area contributed by atoms with Crippen LogP contribution in [0.25, 0.3) is 21.9 Å². The van der Waals surface area contributed by atoms with E-state index in [2.05, 4.69) is 24.8 Å². The van der Waals surface area contributed by atoms with Crippen molar-refractivity contribution in [1.82, 2.24) is 15.0 Å². The fourth-order valence-corrected chi connectivity index (χ4v) is 3.97. The second-order valence-electron chi connectivity index (χ2n) is 6.85. The summed E-state index contributed by atoms with van der Waals surface area (Å²) in [6, 6.07) is 12.8. The van der Waals surface area contributed by atoms with Gasteiger partial charge in [0.05, 0.1) is 23.7 Å². The maximum atomic E-state index is 14.1. The number of anilines is 2. The van der Waals surface area contributed by atoms with E-state index in [1.807, 2.05) is 30.3 Å². The average molecular weight is 377 g/mol. The third-order valence-corrected chi connectivity index (χ3v) is 5.34. The second-order valence-corrected chi connectivity index (χ2v) is 6.85. The Hall–Kier alpha value is -3.35. The van der Waals surface area contributed by atoms with Crippen molar-refractivity contribution in [3.63, 3.8) is 0 Å². The van der Waals surface area contributed by atoms with E-state index in [4.69, 9.17) is 4.74 Å². The van der Waals surface area contributed by atoms with Crippen LogP contribution in [0, 0.1) is 5.82 Å². The minimum Gasteiger partial charge on any atom is -0.496 e. The van der Waals surface area contributed by atoms with E-state index >= 15 is 0 Å². The molecule has 0 atom stereocenters. The zero-order valence-corrected chi connectivity index (χ0v) is 15.5. The Morgan fingerprint density at radius 2 is 1.75 bits per heavy atom. The van der Waals surface area contributed by atoms with Gasteiger partial charge in [0, 0.05) is 26.2 Å². The van der Waals surface area contributed by atoms with Crippen molar-refractivity contribution in [2.45, 2.75) is 0 Å². The SMILES string of the molecule is COc1cccc2[nH]c3c(N4CCN(c5ccccc5F)CC4)ncnc3c12. The molecule has 1 aliphatic rings. The smallest absolute Gasteiger partial charge is 0.156 e. The number of nitrogens with one attached hydrogen (secondary N) is 1. The van der Waals surface area contributed by atoms with E-state index in [1.165, 1.54) is 6.07 Å². The van der Waals surface area contributed by atoms with Gasteiger partial charge < -0.3 is 19.5 Å². The number of fused-ring (bicyclic) bond motifs is 3. The molecule has 4 aromatic rings. The fourth-order valence-electron chi connectivity index (χ4n) is 3.97. The molecule has 28 heavy (non-hydrogen) atoms. The summed E-state index contributed by atoms with van der Waals surface area (Å²) >= 11 is 0. The second kappa shape index (κ2) is 6.67. The van der Waals surface area contributed by atoms with Crippen molar-refractivity contribution in [3.05, 3.63) is 54.6 Å². The summed E-state index contributed by atoms with van der Waals surface area (Å²) in [5, 5.41) is 0.966. The number of methoxy groups -OCH3 is 1. The first-order valence-electron chi connectivity index (χ1n) is 9.30. The molecule has 5 rings (SSSR count). The number of aromatic amines is 1. The van der Waals surface area contributed by atoms with E-state index in [-0.39, 0.29) is 5.82 Å². The van der Waals surface area contributed by atoms with E-state index in [0.717, 1.165) is 59.7 Å². The molecule has 0 radical (unpaired) electrons. The highest BCUT2D eigenvalue weighted by molar-refractivity contribution is 6.11. The number of piperazine rings is 1. The fraction of sp³-hybridized carbons (Fsp3) is 0.238. The lowest BCUT2D eigenvalue weighted by atomic mass is 10.2. The van der Waals surface area contributed by atoms with Crippen molar-refractivity contribution in [2.24, 2.45) is 0 Å². The highest BCUT2D eigenvalue weighted by Crippen LogP contribution is 2.35. The molecule has 1 fully saturated rings. The molecule has 1 N–H and O–H groups in total. The summed E-state index contributed by atoms with van der Waals surface area (Å²) in [5.74, 6) is 1.48. The van der Waals surface area contributed by atoms with Gasteiger partial charge in [0.25, 0.3) is 0 Å². The molecule has 0 amide bonds. The van der Waals surface area contributed by atoms with Gasteiger partial charge in [-0.25, -0.2) is 14.4 Å². The third-order valence-electron chi connectivity index (χ3n) is 5.34. The number of benzene rings is 2. The van der Waals surface area contributed by atoms with Gasteiger partial charge in [-0.05, 0) is 24.3 Å². The number of para-hydroxylation sites is 1. The molecule has 0 unspecified atom stereocenters. The summed E-state index contributed by atoms with van der Waals surface area (Å²) in [5.41, 5.74) is 3.39. The molecule has 0 bridgehead atoms. The third kappa shape index (κ3) is 2.62. The standard InChI is InChI=1S/C21H20FN5O/c1-28-17-8-4-6-15-18(17)19-20(25-15)21(24-13-23-19)27-11-9-26(10-12-27)16-7-3-2-5-14(16)22/h2-8,13,25H,9-12H2,1H3. The van der Waals surface area contributed by atoms with Crippen LogP contribution in [0.15, 0.2) is 48.8 Å². The summed E-state index contributed by atoms with van der Waals surface area (Å²) in [6.45, 7) is 2.98. The van der Waals surface area contributed by atoms with Gasteiger partial charge in [0.2, 0.25) is 0 Å². The number of aromatic nitrogens is 3. The van der Waals surface area contributed by atoms with Gasteiger partial charge in [0.15, 0.2) is 5.82 Å². The lowest BCUT2D eigenvalue weighted by Gasteiger charge is -2.36. The van der Waals surface area contributed by atoms with Crippen LogP contribution in [0.2, 0.25) is 0 Å². The number of ether oxygens (including phenoxy) is 1. The molecule has 0 aliphatic carbocycles. The molecule has 6 nitrogen and oxygen atoms in total. The quantitative estimate of drug-likeness (QED) is 0.591. The van der Waals surface area contributed by atoms with E-state index in [9.17, 15) is 4.39 Å². The van der Waals surface area contributed by atoms with Gasteiger partial charge in [-0.2, -0.15) is 0 Å². The first-order valence-corrected chi connectivity index (χ1v) is 9.30. The monoisotopic (exact) mass is 377 g/mol. The summed E-state index contributed by atoms with van der Waals surface area (Å²) < 4.78 is 19.6. The van der Waals surface area contributed by atoms with Gasteiger partial charge in [-0.3, -0.25) is 0 Å². The molecule has 142 valence electrons. The number of rotatable bonds is 3. The predicted molar refractivity (Wildman–Crippen MR) is 109 cm³/mol. The average Bonchev–Trinajstić information content (AvgIpc) is 3.13. The van der Waals surface area contributed by atoms with Crippen LogP contribution >= 0.6 is 0 Å². The number of H-pyrrole nitrogens is 1. The molecule has 0 spiro atoms. The Kier molecular flexibility index (Phi) is 4.00. The van der Waals surface area contributed by atoms with Crippen LogP contribution in [0.5, 0.6) is 5.75 Å². The zero-order valence-electron chi connectivity index (χ0n) is 15.5. The zero-order chi connectivity index (χ0) is 19.1. The van der Waals surface area contributed by atoms with E-state index < -0.39 is 0 Å². The summed E-state index contributed by atoms with van der Waals surface area (Å²) in [7, 11) is 1.66. The molecule has 1 aliphatic heterocycles. The van der Waals surface area contributed by atoms with Gasteiger partial charge in [0.1, 0.15) is 28.9 Å². The Balaban J connectivity index is 1.48. The molecular weight excluding hydrogens is 357 g/mol. The molecule has 2 aromatic carbocycles. The van der Waals surface area contributed by atoms with Crippen LogP contribution in [-0.4, -0.2) is 48.2 Å². The topological polar surface area (TPSA) is 57.3 Å². The van der Waals surface area contributed by atoms with Gasteiger partial charge >= 0.3 is 0 Å². The van der Waals surface area contributed by atoms with E-state index in [0.29, 0.717) is 5.69 Å². The maximum Gasteiger partial charge on any atom is 0.156 e. The number of nitrogens with zero attached hydrogens (tertiary/aromatic N) is 4. The number of halogens is 1. The normalized spacial score (nSPS) is 14.8. The van der Waals surface area contributed by atoms with Gasteiger partial charge in [-0.15, -0.1) is 0 Å². The molecular formula is C21H20FN5O. The van der Waals surface area contributed by atoms with E-state index in [1.54, 1.807) is 19.5 Å². The van der Waals surface area contributed by atoms with Crippen molar-refractivity contribution < 1.29 is 9.13 Å². The predicted octanol–water partition coefficient (Wildman–Crippen LogP) is 3.59. The summed E-state index contributed by atoms with van der Waals surface area (Å²) in [4.78, 5) is 16.8. The first kappa shape index (κ1) is 16.8. The van der Waals surface area contributed by atoms with Crippen LogP contribution in [0.1, 0.15) is 0 Å². The number of hydrogen-bond donors (Lipinski definition) is 1.